The van der Waals surface area contributed by atoms with Gasteiger partial charge in [0.05, 0.1) is 12.8 Å². The van der Waals surface area contributed by atoms with Crippen LogP contribution in [0.25, 0.3) is 11.5 Å². The smallest absolute Gasteiger partial charge is 0.265 e. The molecule has 7 heteroatoms. The van der Waals surface area contributed by atoms with Gasteiger partial charge < -0.3 is 23.7 Å². The fourth-order valence-corrected chi connectivity index (χ4v) is 2.61. The Hall–Kier alpha value is -3.22. The van der Waals surface area contributed by atoms with Crippen molar-refractivity contribution in [3.8, 4) is 23.0 Å². The van der Waals surface area contributed by atoms with Crippen molar-refractivity contribution in [2.45, 2.75) is 25.7 Å². The van der Waals surface area contributed by atoms with Gasteiger partial charge in [0.2, 0.25) is 11.9 Å². The number of carbonyl (C=O) groups excluding carboxylic acids is 1. The van der Waals surface area contributed by atoms with Crippen LogP contribution in [0.15, 0.2) is 57.7 Å². The average Bonchev–Trinajstić information content (AvgIpc) is 3.30. The minimum Gasteiger partial charge on any atom is -0.482 e. The Morgan fingerprint density at radius 2 is 1.92 bits per heavy atom. The summed E-state index contributed by atoms with van der Waals surface area (Å²) in [6.45, 7) is 2.02. The van der Waals surface area contributed by atoms with Gasteiger partial charge in [0.15, 0.2) is 17.3 Å². The zero-order chi connectivity index (χ0) is 17.2. The molecule has 0 bridgehead atoms. The van der Waals surface area contributed by atoms with Crippen LogP contribution in [0, 0.1) is 0 Å². The molecule has 0 saturated carbocycles. The molecular weight excluding hydrogens is 324 g/mol. The summed E-state index contributed by atoms with van der Waals surface area (Å²) < 4.78 is 21.9. The van der Waals surface area contributed by atoms with Gasteiger partial charge in [-0.25, -0.2) is 0 Å². The van der Waals surface area contributed by atoms with E-state index in [-0.39, 0.29) is 12.5 Å². The maximum atomic E-state index is 12.4. The van der Waals surface area contributed by atoms with Gasteiger partial charge in [0, 0.05) is 6.07 Å². The molecule has 3 aromatic rings. The van der Waals surface area contributed by atoms with Crippen molar-refractivity contribution >= 4 is 5.91 Å². The van der Waals surface area contributed by atoms with Crippen LogP contribution in [-0.4, -0.2) is 23.3 Å². The lowest BCUT2D eigenvalue weighted by molar-refractivity contribution is -0.133. The molecule has 1 aromatic carbocycles. The first-order valence-corrected chi connectivity index (χ1v) is 7.90. The molecule has 128 valence electrons. The lowest BCUT2D eigenvalue weighted by Crippen LogP contribution is -2.48. The number of carbonyl (C=O) groups is 1. The number of amides is 1. The lowest BCUT2D eigenvalue weighted by Gasteiger charge is -2.30. The molecule has 2 aromatic heterocycles. The second-order valence-electron chi connectivity index (χ2n) is 5.69. The van der Waals surface area contributed by atoms with E-state index >= 15 is 0 Å². The number of benzene rings is 1. The number of nitrogens with zero attached hydrogens (tertiary/aromatic N) is 1. The summed E-state index contributed by atoms with van der Waals surface area (Å²) in [5.74, 6) is 2.01. The molecule has 0 radical (unpaired) electrons. The van der Waals surface area contributed by atoms with E-state index in [2.05, 4.69) is 10.5 Å². The predicted molar refractivity (Wildman–Crippen MR) is 87.0 cm³/mol. The van der Waals surface area contributed by atoms with Gasteiger partial charge in [0.1, 0.15) is 11.8 Å². The minimum atomic E-state index is -0.730. The second kappa shape index (κ2) is 6.35. The Kier molecular flexibility index (Phi) is 3.89. The molecule has 0 fully saturated rings. The molecule has 7 nitrogen and oxygen atoms in total. The Morgan fingerprint density at radius 1 is 1.12 bits per heavy atom. The van der Waals surface area contributed by atoms with E-state index < -0.39 is 12.2 Å². The zero-order valence-electron chi connectivity index (χ0n) is 13.5. The Bertz CT molecular complexity index is 871. The number of nitrogens with one attached hydrogen (secondary N) is 1. The number of hydrogen-bond donors (Lipinski definition) is 1. The van der Waals surface area contributed by atoms with Crippen LogP contribution in [0.4, 0.5) is 0 Å². The van der Waals surface area contributed by atoms with Crippen molar-refractivity contribution in [2.75, 3.05) is 0 Å². The molecule has 1 N–H and O–H groups in total. The predicted octanol–water partition coefficient (Wildman–Crippen LogP) is 2.78. The van der Waals surface area contributed by atoms with E-state index in [1.54, 1.807) is 37.5 Å². The second-order valence-corrected chi connectivity index (χ2v) is 5.69. The molecule has 3 heterocycles. The minimum absolute atomic E-state index is 0.220. The maximum Gasteiger partial charge on any atom is 0.265 e. The third-order valence-corrected chi connectivity index (χ3v) is 3.87. The van der Waals surface area contributed by atoms with Gasteiger partial charge in [-0.15, -0.1) is 0 Å². The molecular formula is C18H16N2O5. The largest absolute Gasteiger partial charge is 0.482 e. The first kappa shape index (κ1) is 15.3. The van der Waals surface area contributed by atoms with Gasteiger partial charge in [-0.3, -0.25) is 4.79 Å². The average molecular weight is 340 g/mol. The van der Waals surface area contributed by atoms with Crippen molar-refractivity contribution in [1.29, 1.82) is 0 Å². The number of rotatable bonds is 4. The van der Waals surface area contributed by atoms with Gasteiger partial charge >= 0.3 is 0 Å². The molecule has 1 aliphatic heterocycles. The first-order valence-electron chi connectivity index (χ1n) is 7.90. The van der Waals surface area contributed by atoms with E-state index in [0.29, 0.717) is 28.7 Å². The number of hydrogen-bond acceptors (Lipinski definition) is 6. The number of ether oxygens (including phenoxy) is 2. The highest BCUT2D eigenvalue weighted by molar-refractivity contribution is 5.82. The Morgan fingerprint density at radius 3 is 2.68 bits per heavy atom. The van der Waals surface area contributed by atoms with Crippen LogP contribution in [0.2, 0.25) is 0 Å². The van der Waals surface area contributed by atoms with E-state index in [9.17, 15) is 4.79 Å². The molecule has 1 aliphatic rings. The molecule has 0 spiro atoms. The highest BCUT2D eigenvalue weighted by Crippen LogP contribution is 2.33. The molecule has 2 atom stereocenters. The van der Waals surface area contributed by atoms with Crippen molar-refractivity contribution < 1.29 is 23.2 Å². The molecule has 0 aliphatic carbocycles. The molecule has 4 rings (SSSR count). The number of aromatic nitrogens is 1. The summed E-state index contributed by atoms with van der Waals surface area (Å²) in [5.41, 5.74) is 0.588. The molecule has 25 heavy (non-hydrogen) atoms. The van der Waals surface area contributed by atoms with Crippen molar-refractivity contribution in [3.05, 3.63) is 54.4 Å². The highest BCUT2D eigenvalue weighted by Gasteiger charge is 2.33. The van der Waals surface area contributed by atoms with Crippen LogP contribution in [0.5, 0.6) is 11.5 Å². The third kappa shape index (κ3) is 3.08. The summed E-state index contributed by atoms with van der Waals surface area (Å²) in [6, 6.07) is 12.5. The number of para-hydroxylation sites is 2. The van der Waals surface area contributed by atoms with E-state index in [0.717, 1.165) is 0 Å². The van der Waals surface area contributed by atoms with Crippen LogP contribution in [0.1, 0.15) is 12.6 Å². The monoisotopic (exact) mass is 340 g/mol. The fourth-order valence-electron chi connectivity index (χ4n) is 2.61. The Balaban J connectivity index is 1.39. The lowest BCUT2D eigenvalue weighted by atomic mass is 10.1. The SMILES string of the molecule is C[C@H]1Oc2ccccc2O[C@@H]1C(=O)NCc1cc(-c2ccco2)on1. The van der Waals surface area contributed by atoms with Crippen molar-refractivity contribution in [3.63, 3.8) is 0 Å². The normalized spacial score (nSPS) is 18.8. The Labute approximate surface area is 143 Å². The van der Waals surface area contributed by atoms with E-state index in [4.69, 9.17) is 18.4 Å². The van der Waals surface area contributed by atoms with Crippen molar-refractivity contribution in [1.82, 2.24) is 10.5 Å². The number of furan rings is 1. The van der Waals surface area contributed by atoms with Gasteiger partial charge in [-0.05, 0) is 31.2 Å². The summed E-state index contributed by atoms with van der Waals surface area (Å²) in [5, 5.41) is 6.71. The topological polar surface area (TPSA) is 86.7 Å². The summed E-state index contributed by atoms with van der Waals surface area (Å²) >= 11 is 0. The van der Waals surface area contributed by atoms with Crippen molar-refractivity contribution in [2.24, 2.45) is 0 Å². The summed E-state index contributed by atoms with van der Waals surface area (Å²) in [4.78, 5) is 12.4. The van der Waals surface area contributed by atoms with Crippen LogP contribution < -0.4 is 14.8 Å². The number of fused-ring (bicyclic) bond motifs is 1. The third-order valence-electron chi connectivity index (χ3n) is 3.87. The molecule has 1 amide bonds. The van der Waals surface area contributed by atoms with Crippen LogP contribution in [-0.2, 0) is 11.3 Å². The van der Waals surface area contributed by atoms with Gasteiger partial charge in [-0.1, -0.05) is 17.3 Å². The van der Waals surface area contributed by atoms with E-state index in [1.807, 2.05) is 18.2 Å². The summed E-state index contributed by atoms with van der Waals surface area (Å²) in [7, 11) is 0. The van der Waals surface area contributed by atoms with Gasteiger partial charge in [-0.2, -0.15) is 0 Å². The maximum absolute atomic E-state index is 12.4. The first-order chi connectivity index (χ1) is 12.2. The summed E-state index contributed by atoms with van der Waals surface area (Å²) in [6.07, 6.45) is 0.427. The molecule has 0 saturated heterocycles. The fraction of sp³-hybridized carbons (Fsp3) is 0.222. The quantitative estimate of drug-likeness (QED) is 0.786. The molecule has 0 unspecified atom stereocenters. The highest BCUT2D eigenvalue weighted by atomic mass is 16.6. The zero-order valence-corrected chi connectivity index (χ0v) is 13.5. The van der Waals surface area contributed by atoms with E-state index in [1.165, 1.54) is 0 Å². The van der Waals surface area contributed by atoms with Gasteiger partial charge in [0.25, 0.3) is 5.91 Å². The van der Waals surface area contributed by atoms with Crippen LogP contribution in [0.3, 0.4) is 0 Å². The standard InChI is InChI=1S/C18H16N2O5/c1-11-17(24-15-6-3-2-5-14(15)23-11)18(21)19-10-12-9-16(25-20-12)13-7-4-8-22-13/h2-9,11,17H,10H2,1H3,(H,19,21)/t11-,17+/m1/s1. The van der Waals surface area contributed by atoms with Crippen LogP contribution >= 0.6 is 0 Å².